The second-order valence-electron chi connectivity index (χ2n) is 8.25. The van der Waals surface area contributed by atoms with E-state index in [1.54, 1.807) is 36.4 Å². The summed E-state index contributed by atoms with van der Waals surface area (Å²) in [5, 5.41) is 3.54. The van der Waals surface area contributed by atoms with Gasteiger partial charge < -0.3 is 5.32 Å². The summed E-state index contributed by atoms with van der Waals surface area (Å²) in [6.45, 7) is 5.87. The molecule has 1 N–H and O–H groups in total. The Morgan fingerprint density at radius 3 is 2.09 bits per heavy atom. The molecule has 3 rings (SSSR count). The third kappa shape index (κ3) is 6.83. The number of hydrogen-bond donors (Lipinski definition) is 1. The second kappa shape index (κ2) is 10.9. The number of carbonyl (C=O) groups is 1. The van der Waals surface area contributed by atoms with Gasteiger partial charge in [0.1, 0.15) is 6.54 Å². The van der Waals surface area contributed by atoms with Crippen molar-refractivity contribution in [2.45, 2.75) is 38.5 Å². The highest BCUT2D eigenvalue weighted by molar-refractivity contribution is 7.92. The molecule has 0 aliphatic rings. The highest BCUT2D eigenvalue weighted by Gasteiger charge is 2.27. The molecule has 0 bridgehead atoms. The van der Waals surface area contributed by atoms with E-state index in [1.807, 2.05) is 51.1 Å². The first-order valence-corrected chi connectivity index (χ1v) is 12.7. The Balaban J connectivity index is 1.74. The van der Waals surface area contributed by atoms with Crippen molar-refractivity contribution < 1.29 is 13.2 Å². The van der Waals surface area contributed by atoms with Gasteiger partial charge in [-0.1, -0.05) is 47.5 Å². The summed E-state index contributed by atoms with van der Waals surface area (Å²) in [5.41, 5.74) is 4.43. The van der Waals surface area contributed by atoms with Crippen LogP contribution in [0.15, 0.2) is 71.6 Å². The van der Waals surface area contributed by atoms with Gasteiger partial charge in [-0.05, 0) is 86.7 Å². The van der Waals surface area contributed by atoms with Crippen LogP contribution in [0.4, 0.5) is 5.69 Å². The fourth-order valence-corrected chi connectivity index (χ4v) is 5.14. The molecule has 1 amide bonds. The molecule has 7 heteroatoms. The zero-order valence-electron chi connectivity index (χ0n) is 19.1. The van der Waals surface area contributed by atoms with Gasteiger partial charge >= 0.3 is 0 Å². The molecule has 3 aromatic rings. The van der Waals surface area contributed by atoms with Gasteiger partial charge in [-0.3, -0.25) is 9.10 Å². The molecule has 174 valence electrons. The Kier molecular flexibility index (Phi) is 8.16. The number of amides is 1. The number of carbonyl (C=O) groups excluding carboxylic acids is 1. The Labute approximate surface area is 201 Å². The first-order chi connectivity index (χ1) is 15.6. The molecule has 0 spiro atoms. The van der Waals surface area contributed by atoms with Gasteiger partial charge in [-0.2, -0.15) is 0 Å². The van der Waals surface area contributed by atoms with Gasteiger partial charge in [0, 0.05) is 11.6 Å². The van der Waals surface area contributed by atoms with E-state index in [0.29, 0.717) is 17.3 Å². The van der Waals surface area contributed by atoms with E-state index in [4.69, 9.17) is 11.6 Å². The van der Waals surface area contributed by atoms with E-state index in [2.05, 4.69) is 5.32 Å². The zero-order valence-corrected chi connectivity index (χ0v) is 20.7. The van der Waals surface area contributed by atoms with Crippen LogP contribution >= 0.6 is 11.6 Å². The quantitative estimate of drug-likeness (QED) is 0.424. The maximum absolute atomic E-state index is 13.5. The van der Waals surface area contributed by atoms with Crippen LogP contribution in [-0.2, 0) is 21.2 Å². The lowest BCUT2D eigenvalue weighted by Crippen LogP contribution is -2.41. The van der Waals surface area contributed by atoms with E-state index < -0.39 is 10.0 Å². The van der Waals surface area contributed by atoms with Crippen LogP contribution in [0.5, 0.6) is 0 Å². The minimum absolute atomic E-state index is 0.155. The van der Waals surface area contributed by atoms with Crippen molar-refractivity contribution in [1.82, 2.24) is 5.32 Å². The molecular formula is C26H29ClN2O3S. The molecule has 0 heterocycles. The molecule has 3 aromatic carbocycles. The van der Waals surface area contributed by atoms with E-state index in [-0.39, 0.29) is 17.3 Å². The monoisotopic (exact) mass is 484 g/mol. The minimum atomic E-state index is -3.92. The average molecular weight is 485 g/mol. The summed E-state index contributed by atoms with van der Waals surface area (Å²) in [6.07, 6.45) is 1.53. The number of halogens is 1. The van der Waals surface area contributed by atoms with Crippen molar-refractivity contribution in [2.75, 3.05) is 17.4 Å². The molecule has 0 aromatic heterocycles. The lowest BCUT2D eigenvalue weighted by molar-refractivity contribution is -0.119. The first-order valence-electron chi connectivity index (χ1n) is 10.8. The predicted molar refractivity (Wildman–Crippen MR) is 134 cm³/mol. The van der Waals surface area contributed by atoms with Crippen LogP contribution in [0.1, 0.15) is 28.7 Å². The van der Waals surface area contributed by atoms with Crippen LogP contribution in [0.2, 0.25) is 5.02 Å². The van der Waals surface area contributed by atoms with E-state index in [1.165, 1.54) is 4.31 Å². The molecule has 0 atom stereocenters. The van der Waals surface area contributed by atoms with Crippen molar-refractivity contribution >= 4 is 33.2 Å². The molecule has 0 aliphatic carbocycles. The molecule has 0 unspecified atom stereocenters. The maximum Gasteiger partial charge on any atom is 0.264 e. The molecular weight excluding hydrogens is 456 g/mol. The van der Waals surface area contributed by atoms with E-state index in [0.717, 1.165) is 35.1 Å². The summed E-state index contributed by atoms with van der Waals surface area (Å²) >= 11 is 5.91. The van der Waals surface area contributed by atoms with Crippen LogP contribution in [0.25, 0.3) is 0 Å². The number of anilines is 1. The molecule has 0 saturated carbocycles. The van der Waals surface area contributed by atoms with Gasteiger partial charge in [-0.15, -0.1) is 0 Å². The standard InChI is InChI=1S/C26H29ClN2O3S/c1-19-6-12-25(13-7-19)33(31,32)29(24-16-20(2)15-21(3)17-24)18-26(30)28-14-4-5-22-8-10-23(27)11-9-22/h6-13,15-17H,4-5,14,18H2,1-3H3,(H,28,30). The van der Waals surface area contributed by atoms with Gasteiger partial charge in [0.25, 0.3) is 10.0 Å². The van der Waals surface area contributed by atoms with Gasteiger partial charge in [0.2, 0.25) is 5.91 Å². The van der Waals surface area contributed by atoms with Crippen molar-refractivity contribution in [2.24, 2.45) is 0 Å². The highest BCUT2D eigenvalue weighted by Crippen LogP contribution is 2.26. The average Bonchev–Trinajstić information content (AvgIpc) is 2.76. The summed E-state index contributed by atoms with van der Waals surface area (Å²) < 4.78 is 28.1. The van der Waals surface area contributed by atoms with E-state index in [9.17, 15) is 13.2 Å². The van der Waals surface area contributed by atoms with E-state index >= 15 is 0 Å². The fourth-order valence-electron chi connectivity index (χ4n) is 3.60. The fraction of sp³-hybridized carbons (Fsp3) is 0.269. The summed E-state index contributed by atoms with van der Waals surface area (Å²) in [5.74, 6) is -0.346. The Hall–Kier alpha value is -2.83. The third-order valence-electron chi connectivity index (χ3n) is 5.27. The van der Waals surface area contributed by atoms with Crippen LogP contribution < -0.4 is 9.62 Å². The molecule has 0 radical (unpaired) electrons. The summed E-state index contributed by atoms with van der Waals surface area (Å²) in [6, 6.07) is 19.8. The topological polar surface area (TPSA) is 66.5 Å². The van der Waals surface area contributed by atoms with Crippen molar-refractivity contribution in [3.05, 3.63) is 94.0 Å². The molecule has 0 aliphatic heterocycles. The number of benzene rings is 3. The Morgan fingerprint density at radius 2 is 1.48 bits per heavy atom. The van der Waals surface area contributed by atoms with Crippen molar-refractivity contribution in [1.29, 1.82) is 0 Å². The van der Waals surface area contributed by atoms with Crippen molar-refractivity contribution in [3.8, 4) is 0 Å². The van der Waals surface area contributed by atoms with Crippen LogP contribution in [0.3, 0.4) is 0 Å². The van der Waals surface area contributed by atoms with Crippen LogP contribution in [-0.4, -0.2) is 27.4 Å². The molecule has 33 heavy (non-hydrogen) atoms. The highest BCUT2D eigenvalue weighted by atomic mass is 35.5. The number of aryl methyl sites for hydroxylation is 4. The third-order valence-corrected chi connectivity index (χ3v) is 7.31. The van der Waals surface area contributed by atoms with Gasteiger partial charge in [0.15, 0.2) is 0 Å². The molecule has 0 fully saturated rings. The SMILES string of the molecule is Cc1ccc(S(=O)(=O)N(CC(=O)NCCCc2ccc(Cl)cc2)c2cc(C)cc(C)c2)cc1. The largest absolute Gasteiger partial charge is 0.355 e. The normalized spacial score (nSPS) is 11.3. The molecule has 5 nitrogen and oxygen atoms in total. The number of hydrogen-bond acceptors (Lipinski definition) is 3. The van der Waals surface area contributed by atoms with Crippen LogP contribution in [0, 0.1) is 20.8 Å². The second-order valence-corrected chi connectivity index (χ2v) is 10.5. The zero-order chi connectivity index (χ0) is 24.0. The number of nitrogens with one attached hydrogen (secondary N) is 1. The van der Waals surface area contributed by atoms with Gasteiger partial charge in [0.05, 0.1) is 10.6 Å². The van der Waals surface area contributed by atoms with Crippen molar-refractivity contribution in [3.63, 3.8) is 0 Å². The Bertz CT molecular complexity index is 1190. The summed E-state index contributed by atoms with van der Waals surface area (Å²) in [7, 11) is -3.92. The summed E-state index contributed by atoms with van der Waals surface area (Å²) in [4.78, 5) is 12.9. The maximum atomic E-state index is 13.5. The lowest BCUT2D eigenvalue weighted by Gasteiger charge is -2.25. The van der Waals surface area contributed by atoms with Gasteiger partial charge in [-0.25, -0.2) is 8.42 Å². The molecule has 0 saturated heterocycles. The minimum Gasteiger partial charge on any atom is -0.355 e. The number of rotatable bonds is 9. The number of nitrogens with zero attached hydrogens (tertiary/aromatic N) is 1. The predicted octanol–water partition coefficient (Wildman–Crippen LogP) is 5.21. The lowest BCUT2D eigenvalue weighted by atomic mass is 10.1. The first kappa shape index (κ1) is 24.8. The smallest absolute Gasteiger partial charge is 0.264 e. The Morgan fingerprint density at radius 1 is 0.879 bits per heavy atom. The number of sulfonamides is 1.